The number of nitrogens with one attached hydrogen (secondary N) is 1. The number of esters is 1. The lowest BCUT2D eigenvalue weighted by Crippen LogP contribution is -2.35. The largest absolute Gasteiger partial charge is 0.462 e. The Bertz CT molecular complexity index is 1040. The molecule has 138 valence electrons. The zero-order chi connectivity index (χ0) is 19.6. The van der Waals surface area contributed by atoms with Crippen molar-refractivity contribution in [3.63, 3.8) is 0 Å². The predicted octanol–water partition coefficient (Wildman–Crippen LogP) is 3.99. The molecule has 0 amide bonds. The number of anilines is 2. The topological polar surface area (TPSA) is 72.5 Å². The Hall–Kier alpha value is -3.21. The van der Waals surface area contributed by atoms with Gasteiger partial charge in [-0.2, -0.15) is 0 Å². The van der Waals surface area contributed by atoms with Gasteiger partial charge in [0.25, 0.3) is 5.43 Å². The molecule has 1 N–H and O–H groups in total. The summed E-state index contributed by atoms with van der Waals surface area (Å²) in [5.74, 6) is -0.0504. The Kier molecular flexibility index (Phi) is 5.21. The highest BCUT2D eigenvalue weighted by Gasteiger charge is 2.22. The van der Waals surface area contributed by atoms with E-state index in [1.54, 1.807) is 31.2 Å². The number of hydrogen-bond donors (Lipinski definition) is 1. The van der Waals surface area contributed by atoms with Crippen LogP contribution in [0, 0.1) is 0 Å². The van der Waals surface area contributed by atoms with Gasteiger partial charge >= 0.3 is 5.97 Å². The number of ether oxygens (including phenoxy) is 1. The minimum atomic E-state index is -0.556. The highest BCUT2D eigenvalue weighted by Crippen LogP contribution is 2.28. The zero-order valence-corrected chi connectivity index (χ0v) is 15.5. The van der Waals surface area contributed by atoms with Gasteiger partial charge in [-0.05, 0) is 42.2 Å². The van der Waals surface area contributed by atoms with Gasteiger partial charge in [0, 0.05) is 5.69 Å². The smallest absolute Gasteiger partial charge is 0.338 e. The van der Waals surface area contributed by atoms with Gasteiger partial charge in [0.1, 0.15) is 5.69 Å². The SMILES string of the molecule is CCOC(=O)c1cccc(Nc2c(-c3ccc(C(C)C)cc3)c(=O)c2=O)c1. The molecule has 0 bridgehead atoms. The molecule has 0 aliphatic heterocycles. The molecule has 0 heterocycles. The monoisotopic (exact) mass is 363 g/mol. The maximum atomic E-state index is 12.1. The fourth-order valence-corrected chi connectivity index (χ4v) is 2.90. The van der Waals surface area contributed by atoms with Gasteiger partial charge in [-0.1, -0.05) is 44.2 Å². The minimum Gasteiger partial charge on any atom is -0.462 e. The van der Waals surface area contributed by atoms with Crippen LogP contribution < -0.4 is 16.2 Å². The van der Waals surface area contributed by atoms with E-state index in [1.165, 1.54) is 0 Å². The Morgan fingerprint density at radius 1 is 1.04 bits per heavy atom. The number of benzene rings is 2. The molecule has 0 radical (unpaired) electrons. The van der Waals surface area contributed by atoms with Gasteiger partial charge in [0.15, 0.2) is 0 Å². The maximum absolute atomic E-state index is 12.1. The van der Waals surface area contributed by atoms with Crippen molar-refractivity contribution in [3.05, 3.63) is 80.1 Å². The highest BCUT2D eigenvalue weighted by atomic mass is 16.5. The number of carbonyl (C=O) groups excluding carboxylic acids is 1. The van der Waals surface area contributed by atoms with E-state index in [2.05, 4.69) is 19.2 Å². The van der Waals surface area contributed by atoms with Crippen molar-refractivity contribution >= 4 is 17.3 Å². The van der Waals surface area contributed by atoms with E-state index < -0.39 is 16.8 Å². The summed E-state index contributed by atoms with van der Waals surface area (Å²) in [5, 5.41) is 2.98. The lowest BCUT2D eigenvalue weighted by molar-refractivity contribution is 0.0526. The first-order valence-corrected chi connectivity index (χ1v) is 8.90. The molecule has 5 nitrogen and oxygen atoms in total. The number of carbonyl (C=O) groups is 1. The summed E-state index contributed by atoms with van der Waals surface area (Å²) < 4.78 is 4.99. The molecular formula is C22H21NO4. The summed E-state index contributed by atoms with van der Waals surface area (Å²) in [5.41, 5.74) is 2.35. The first-order chi connectivity index (χ1) is 12.9. The first-order valence-electron chi connectivity index (χ1n) is 8.90. The van der Waals surface area contributed by atoms with Crippen molar-refractivity contribution in [3.8, 4) is 11.1 Å². The van der Waals surface area contributed by atoms with Crippen molar-refractivity contribution in [1.82, 2.24) is 0 Å². The van der Waals surface area contributed by atoms with Crippen LogP contribution in [0.5, 0.6) is 0 Å². The van der Waals surface area contributed by atoms with Crippen molar-refractivity contribution < 1.29 is 9.53 Å². The first kappa shape index (κ1) is 18.6. The molecule has 0 unspecified atom stereocenters. The van der Waals surface area contributed by atoms with E-state index in [0.717, 1.165) is 5.56 Å². The van der Waals surface area contributed by atoms with Crippen molar-refractivity contribution in [1.29, 1.82) is 0 Å². The van der Waals surface area contributed by atoms with Gasteiger partial charge in [-0.3, -0.25) is 9.59 Å². The van der Waals surface area contributed by atoms with Crippen molar-refractivity contribution in [2.75, 3.05) is 11.9 Å². The molecule has 0 aliphatic rings. The summed E-state index contributed by atoms with van der Waals surface area (Å²) in [4.78, 5) is 36.1. The highest BCUT2D eigenvalue weighted by molar-refractivity contribution is 5.91. The van der Waals surface area contributed by atoms with E-state index in [9.17, 15) is 14.4 Å². The van der Waals surface area contributed by atoms with Gasteiger partial charge in [-0.25, -0.2) is 4.79 Å². The average molecular weight is 363 g/mol. The van der Waals surface area contributed by atoms with E-state index >= 15 is 0 Å². The molecule has 0 fully saturated rings. The second kappa shape index (κ2) is 7.58. The van der Waals surface area contributed by atoms with E-state index in [-0.39, 0.29) is 12.3 Å². The lowest BCUT2D eigenvalue weighted by atomic mass is 9.95. The normalized spacial score (nSPS) is 11.0. The van der Waals surface area contributed by atoms with Crippen LogP contribution in [0.4, 0.5) is 11.4 Å². The summed E-state index contributed by atoms with van der Waals surface area (Å²) in [7, 11) is 0. The molecule has 0 atom stereocenters. The number of hydrogen-bond acceptors (Lipinski definition) is 5. The van der Waals surface area contributed by atoms with Crippen LogP contribution in [0.3, 0.4) is 0 Å². The number of rotatable bonds is 6. The van der Waals surface area contributed by atoms with Gasteiger partial charge in [0.05, 0.1) is 17.7 Å². The van der Waals surface area contributed by atoms with Crippen molar-refractivity contribution in [2.45, 2.75) is 26.7 Å². The molecular weight excluding hydrogens is 342 g/mol. The van der Waals surface area contributed by atoms with Crippen molar-refractivity contribution in [2.24, 2.45) is 0 Å². The molecule has 0 aliphatic carbocycles. The van der Waals surface area contributed by atoms with Crippen LogP contribution in [0.2, 0.25) is 0 Å². The summed E-state index contributed by atoms with van der Waals surface area (Å²) >= 11 is 0. The lowest BCUT2D eigenvalue weighted by Gasteiger charge is -2.15. The standard InChI is InChI=1S/C22H21NO4/c1-4-27-22(26)16-6-5-7-17(12-16)23-19-18(20(24)21(19)25)15-10-8-14(9-11-15)13(2)3/h5-13,23H,4H2,1-3H3. The van der Waals surface area contributed by atoms with Crippen LogP contribution in [0.15, 0.2) is 58.1 Å². The molecule has 0 saturated heterocycles. The second-order valence-electron chi connectivity index (χ2n) is 6.61. The summed E-state index contributed by atoms with van der Waals surface area (Å²) in [6, 6.07) is 14.3. The predicted molar refractivity (Wildman–Crippen MR) is 107 cm³/mol. The van der Waals surface area contributed by atoms with Crippen LogP contribution in [0.25, 0.3) is 11.1 Å². The third-order valence-electron chi connectivity index (χ3n) is 4.42. The fraction of sp³-hybridized carbons (Fsp3) is 0.227. The Balaban J connectivity index is 1.90. The van der Waals surface area contributed by atoms with E-state index in [4.69, 9.17) is 4.74 Å². The molecule has 27 heavy (non-hydrogen) atoms. The maximum Gasteiger partial charge on any atom is 0.338 e. The fourth-order valence-electron chi connectivity index (χ4n) is 2.90. The van der Waals surface area contributed by atoms with Crippen LogP contribution in [-0.2, 0) is 4.74 Å². The molecule has 3 rings (SSSR count). The Morgan fingerprint density at radius 3 is 2.37 bits per heavy atom. The summed E-state index contributed by atoms with van der Waals surface area (Å²) in [6.45, 7) is 6.21. The third-order valence-corrected chi connectivity index (χ3v) is 4.42. The molecule has 5 heteroatoms. The van der Waals surface area contributed by atoms with Gasteiger partial charge < -0.3 is 10.1 Å². The average Bonchev–Trinajstić information content (AvgIpc) is 2.68. The van der Waals surface area contributed by atoms with Crippen LogP contribution >= 0.6 is 0 Å². The van der Waals surface area contributed by atoms with Crippen LogP contribution in [-0.4, -0.2) is 12.6 Å². The Labute approximate surface area is 157 Å². The minimum absolute atomic E-state index is 0.248. The molecule has 0 spiro atoms. The zero-order valence-electron chi connectivity index (χ0n) is 15.5. The summed E-state index contributed by atoms with van der Waals surface area (Å²) in [6.07, 6.45) is 0. The van der Waals surface area contributed by atoms with E-state index in [1.807, 2.05) is 24.3 Å². The third kappa shape index (κ3) is 3.67. The quantitative estimate of drug-likeness (QED) is 0.529. The Morgan fingerprint density at radius 2 is 1.74 bits per heavy atom. The van der Waals surface area contributed by atoms with E-state index in [0.29, 0.717) is 28.3 Å². The molecule has 0 aromatic heterocycles. The second-order valence-corrected chi connectivity index (χ2v) is 6.61. The van der Waals surface area contributed by atoms with Crippen LogP contribution in [0.1, 0.15) is 42.6 Å². The molecule has 0 saturated carbocycles. The molecule has 3 aromatic rings. The molecule has 3 aromatic carbocycles. The van der Waals surface area contributed by atoms with Gasteiger partial charge in [-0.15, -0.1) is 0 Å². The van der Waals surface area contributed by atoms with Gasteiger partial charge in [0.2, 0.25) is 5.43 Å².